The van der Waals surface area contributed by atoms with Crippen molar-refractivity contribution in [3.05, 3.63) is 54.1 Å². The second-order valence-corrected chi connectivity index (χ2v) is 7.93. The number of hydrogen-bond donors (Lipinski definition) is 1. The lowest BCUT2D eigenvalue weighted by Gasteiger charge is -2.15. The van der Waals surface area contributed by atoms with Crippen LogP contribution in [0.4, 0.5) is 5.69 Å². The van der Waals surface area contributed by atoms with E-state index in [2.05, 4.69) is 4.72 Å². The van der Waals surface area contributed by atoms with Crippen LogP contribution in [-0.4, -0.2) is 39.4 Å². The maximum absolute atomic E-state index is 12.4. The van der Waals surface area contributed by atoms with E-state index in [1.54, 1.807) is 36.4 Å². The largest absolute Gasteiger partial charge is 0.497 e. The molecule has 1 aliphatic rings. The Labute approximate surface area is 153 Å². The number of ether oxygens (including phenoxy) is 1. The number of carbonyl (C=O) groups is 1. The van der Waals surface area contributed by atoms with Gasteiger partial charge in [0.25, 0.3) is 10.0 Å². The van der Waals surface area contributed by atoms with Crippen LogP contribution in [0.3, 0.4) is 0 Å². The monoisotopic (exact) mass is 374 g/mol. The van der Waals surface area contributed by atoms with Crippen molar-refractivity contribution in [1.82, 2.24) is 4.90 Å². The molecule has 0 spiro atoms. The summed E-state index contributed by atoms with van der Waals surface area (Å²) in [5, 5.41) is 0. The smallest absolute Gasteiger partial charge is 0.261 e. The Morgan fingerprint density at radius 1 is 1.04 bits per heavy atom. The fourth-order valence-corrected chi connectivity index (χ4v) is 3.97. The van der Waals surface area contributed by atoms with Gasteiger partial charge in [-0.3, -0.25) is 9.52 Å². The number of anilines is 1. The Morgan fingerprint density at radius 3 is 2.23 bits per heavy atom. The molecule has 26 heavy (non-hydrogen) atoms. The maximum Gasteiger partial charge on any atom is 0.261 e. The summed E-state index contributed by atoms with van der Waals surface area (Å²) in [6.07, 6.45) is 2.47. The normalized spacial score (nSPS) is 14.3. The number of nitrogens with zero attached hydrogens (tertiary/aromatic N) is 1. The Morgan fingerprint density at radius 2 is 1.65 bits per heavy atom. The fraction of sp³-hybridized carbons (Fsp3) is 0.316. The van der Waals surface area contributed by atoms with Crippen molar-refractivity contribution in [3.8, 4) is 5.75 Å². The zero-order valence-electron chi connectivity index (χ0n) is 14.6. The summed E-state index contributed by atoms with van der Waals surface area (Å²) in [7, 11) is -2.14. The lowest BCUT2D eigenvalue weighted by Crippen LogP contribution is -2.29. The summed E-state index contributed by atoms with van der Waals surface area (Å²) in [5.41, 5.74) is 1.33. The van der Waals surface area contributed by atoms with Gasteiger partial charge in [0.05, 0.1) is 18.4 Å². The molecule has 0 atom stereocenters. The highest BCUT2D eigenvalue weighted by Gasteiger charge is 2.18. The third kappa shape index (κ3) is 4.35. The first kappa shape index (κ1) is 18.3. The number of nitrogens with one attached hydrogen (secondary N) is 1. The topological polar surface area (TPSA) is 75.7 Å². The third-order valence-electron chi connectivity index (χ3n) is 4.39. The molecule has 1 heterocycles. The number of sulfonamides is 1. The first-order valence-corrected chi connectivity index (χ1v) is 10.00. The Hall–Kier alpha value is -2.54. The van der Waals surface area contributed by atoms with Crippen molar-refractivity contribution >= 4 is 21.6 Å². The van der Waals surface area contributed by atoms with E-state index < -0.39 is 10.0 Å². The van der Waals surface area contributed by atoms with Crippen molar-refractivity contribution in [2.45, 2.75) is 24.2 Å². The van der Waals surface area contributed by atoms with Gasteiger partial charge in [-0.2, -0.15) is 0 Å². The average Bonchev–Trinajstić information content (AvgIpc) is 3.18. The minimum Gasteiger partial charge on any atom is -0.497 e. The molecule has 1 saturated heterocycles. The van der Waals surface area contributed by atoms with Crippen LogP contribution in [0.25, 0.3) is 0 Å². The summed E-state index contributed by atoms with van der Waals surface area (Å²) >= 11 is 0. The van der Waals surface area contributed by atoms with E-state index in [1.165, 1.54) is 19.2 Å². The van der Waals surface area contributed by atoms with Gasteiger partial charge in [0.15, 0.2) is 0 Å². The molecule has 1 amide bonds. The number of rotatable bonds is 6. The molecule has 2 aromatic rings. The van der Waals surface area contributed by atoms with Gasteiger partial charge >= 0.3 is 0 Å². The van der Waals surface area contributed by atoms with E-state index in [1.807, 2.05) is 4.90 Å². The predicted molar refractivity (Wildman–Crippen MR) is 99.8 cm³/mol. The van der Waals surface area contributed by atoms with E-state index in [0.29, 0.717) is 17.9 Å². The summed E-state index contributed by atoms with van der Waals surface area (Å²) in [6, 6.07) is 13.1. The highest BCUT2D eigenvalue weighted by molar-refractivity contribution is 7.92. The highest BCUT2D eigenvalue weighted by Crippen LogP contribution is 2.20. The van der Waals surface area contributed by atoms with Crippen molar-refractivity contribution in [3.63, 3.8) is 0 Å². The van der Waals surface area contributed by atoms with Gasteiger partial charge in [0.1, 0.15) is 5.75 Å². The zero-order valence-corrected chi connectivity index (χ0v) is 15.5. The Balaban J connectivity index is 1.65. The van der Waals surface area contributed by atoms with Gasteiger partial charge in [-0.15, -0.1) is 0 Å². The summed E-state index contributed by atoms with van der Waals surface area (Å²) in [5.74, 6) is 0.713. The zero-order chi connectivity index (χ0) is 18.6. The quantitative estimate of drug-likeness (QED) is 0.843. The van der Waals surface area contributed by atoms with Gasteiger partial charge < -0.3 is 9.64 Å². The van der Waals surface area contributed by atoms with Crippen molar-refractivity contribution < 1.29 is 17.9 Å². The number of likely N-dealkylation sites (tertiary alicyclic amines) is 1. The molecule has 0 aromatic heterocycles. The van der Waals surface area contributed by atoms with Gasteiger partial charge in [0, 0.05) is 18.8 Å². The Kier molecular flexibility index (Phi) is 5.46. The van der Waals surface area contributed by atoms with Crippen molar-refractivity contribution in [2.75, 3.05) is 24.9 Å². The number of methoxy groups -OCH3 is 1. The number of amides is 1. The molecule has 138 valence electrons. The van der Waals surface area contributed by atoms with Crippen molar-refractivity contribution in [1.29, 1.82) is 0 Å². The number of hydrogen-bond acceptors (Lipinski definition) is 4. The van der Waals surface area contributed by atoms with Crippen LogP contribution in [0.2, 0.25) is 0 Å². The molecule has 1 N–H and O–H groups in total. The molecule has 0 radical (unpaired) electrons. The van der Waals surface area contributed by atoms with Crippen LogP contribution in [0.15, 0.2) is 53.4 Å². The molecule has 7 heteroatoms. The molecule has 3 rings (SSSR count). The number of benzene rings is 2. The van der Waals surface area contributed by atoms with E-state index in [0.717, 1.165) is 31.5 Å². The van der Waals surface area contributed by atoms with Crippen LogP contribution < -0.4 is 9.46 Å². The highest BCUT2D eigenvalue weighted by atomic mass is 32.2. The van der Waals surface area contributed by atoms with Crippen LogP contribution in [0.5, 0.6) is 5.75 Å². The van der Waals surface area contributed by atoms with Crippen molar-refractivity contribution in [2.24, 2.45) is 0 Å². The van der Waals surface area contributed by atoms with Crippen LogP contribution in [0.1, 0.15) is 18.4 Å². The molecule has 1 aliphatic heterocycles. The summed E-state index contributed by atoms with van der Waals surface area (Å²) in [4.78, 5) is 14.2. The second kappa shape index (κ2) is 7.78. The SMILES string of the molecule is COc1ccc(S(=O)(=O)Nc2ccc(CC(=O)N3CCCC3)cc2)cc1. The molecule has 2 aromatic carbocycles. The van der Waals surface area contributed by atoms with E-state index in [4.69, 9.17) is 4.74 Å². The Bertz CT molecular complexity index is 855. The summed E-state index contributed by atoms with van der Waals surface area (Å²) in [6.45, 7) is 1.66. The van der Waals surface area contributed by atoms with E-state index >= 15 is 0 Å². The lowest BCUT2D eigenvalue weighted by molar-refractivity contribution is -0.129. The van der Waals surface area contributed by atoms with Crippen LogP contribution >= 0.6 is 0 Å². The fourth-order valence-electron chi connectivity index (χ4n) is 2.91. The van der Waals surface area contributed by atoms with Gasteiger partial charge in [-0.05, 0) is 54.8 Å². The molecular formula is C19H22N2O4S. The summed E-state index contributed by atoms with van der Waals surface area (Å²) < 4.78 is 32.4. The molecule has 0 bridgehead atoms. The molecule has 0 unspecified atom stereocenters. The minimum absolute atomic E-state index is 0.120. The predicted octanol–water partition coefficient (Wildman–Crippen LogP) is 2.66. The van der Waals surface area contributed by atoms with Crippen LogP contribution in [-0.2, 0) is 21.2 Å². The van der Waals surface area contributed by atoms with E-state index in [-0.39, 0.29) is 10.8 Å². The first-order valence-electron chi connectivity index (χ1n) is 8.51. The molecule has 0 aliphatic carbocycles. The minimum atomic E-state index is -3.67. The van der Waals surface area contributed by atoms with Crippen LogP contribution in [0, 0.1) is 0 Å². The van der Waals surface area contributed by atoms with E-state index in [9.17, 15) is 13.2 Å². The molecular weight excluding hydrogens is 352 g/mol. The standard InChI is InChI=1S/C19H22N2O4S/c1-25-17-8-10-18(11-9-17)26(23,24)20-16-6-4-15(5-7-16)14-19(22)21-12-2-3-13-21/h4-11,20H,2-3,12-14H2,1H3. The van der Waals surface area contributed by atoms with Gasteiger partial charge in [-0.25, -0.2) is 8.42 Å². The maximum atomic E-state index is 12.4. The number of carbonyl (C=O) groups excluding carboxylic acids is 1. The molecule has 6 nitrogen and oxygen atoms in total. The van der Waals surface area contributed by atoms with Gasteiger partial charge in [0.2, 0.25) is 5.91 Å². The third-order valence-corrected chi connectivity index (χ3v) is 5.79. The lowest BCUT2D eigenvalue weighted by atomic mass is 10.1. The molecule has 0 saturated carbocycles. The van der Waals surface area contributed by atoms with Gasteiger partial charge in [-0.1, -0.05) is 12.1 Å². The first-order chi connectivity index (χ1) is 12.5. The average molecular weight is 374 g/mol. The second-order valence-electron chi connectivity index (χ2n) is 6.24. The molecule has 1 fully saturated rings.